The fraction of sp³-hybridized carbons (Fsp3) is 0.417. The normalized spacial score (nSPS) is 11.7. The van der Waals surface area contributed by atoms with Gasteiger partial charge in [-0.15, -0.1) is 0 Å². The third-order valence-electron chi connectivity index (χ3n) is 4.67. The molecule has 0 bridgehead atoms. The van der Waals surface area contributed by atoms with Crippen molar-refractivity contribution in [2.75, 3.05) is 19.0 Å². The van der Waals surface area contributed by atoms with Crippen LogP contribution in [0.2, 0.25) is 5.02 Å². The van der Waals surface area contributed by atoms with E-state index in [1.165, 1.54) is 7.11 Å². The van der Waals surface area contributed by atoms with Crippen molar-refractivity contribution in [3.8, 4) is 5.75 Å². The predicted octanol–water partition coefficient (Wildman–Crippen LogP) is 5.74. The summed E-state index contributed by atoms with van der Waals surface area (Å²) in [6.45, 7) is 12.2. The minimum Gasteiger partial charge on any atom is -0.495 e. The Hall–Kier alpha value is -2.53. The topological polar surface area (TPSA) is 64.6 Å². The van der Waals surface area contributed by atoms with Gasteiger partial charge >= 0.3 is 5.97 Å². The van der Waals surface area contributed by atoms with E-state index in [0.29, 0.717) is 22.0 Å². The maximum Gasteiger partial charge on any atom is 0.338 e. The first-order valence-corrected chi connectivity index (χ1v) is 10.2. The smallest absolute Gasteiger partial charge is 0.338 e. The third-order valence-corrected chi connectivity index (χ3v) is 4.97. The largest absolute Gasteiger partial charge is 0.495 e. The summed E-state index contributed by atoms with van der Waals surface area (Å²) < 4.78 is 10.3. The van der Waals surface area contributed by atoms with E-state index in [4.69, 9.17) is 21.1 Å². The van der Waals surface area contributed by atoms with Gasteiger partial charge in [0.1, 0.15) is 5.75 Å². The Bertz CT molecular complexity index is 907. The van der Waals surface area contributed by atoms with E-state index in [0.717, 1.165) is 11.1 Å². The van der Waals surface area contributed by atoms with Crippen LogP contribution in [0.1, 0.15) is 63.0 Å². The lowest BCUT2D eigenvalue weighted by Gasteiger charge is -2.25. The van der Waals surface area contributed by atoms with Crippen molar-refractivity contribution in [2.45, 2.75) is 52.4 Å². The van der Waals surface area contributed by atoms with Crippen molar-refractivity contribution >= 4 is 29.2 Å². The molecule has 0 fully saturated rings. The highest BCUT2D eigenvalue weighted by Gasteiger charge is 2.23. The molecule has 0 saturated heterocycles. The zero-order chi connectivity index (χ0) is 22.7. The Morgan fingerprint density at radius 3 is 1.97 bits per heavy atom. The SMILES string of the molecule is COc1ccc(NC(=O)COC(=O)c2cc(C(C)(C)C)cc(C(C)(C)C)c2)cc1Cl. The molecule has 0 radical (unpaired) electrons. The summed E-state index contributed by atoms with van der Waals surface area (Å²) >= 11 is 6.06. The van der Waals surface area contributed by atoms with E-state index in [1.54, 1.807) is 18.2 Å². The first-order chi connectivity index (χ1) is 13.8. The van der Waals surface area contributed by atoms with Gasteiger partial charge in [-0.1, -0.05) is 59.2 Å². The molecule has 0 heterocycles. The Labute approximate surface area is 183 Å². The molecule has 0 aromatic heterocycles. The Kier molecular flexibility index (Phi) is 7.19. The van der Waals surface area contributed by atoms with Gasteiger partial charge in [0.25, 0.3) is 5.91 Å². The zero-order valence-electron chi connectivity index (χ0n) is 18.7. The summed E-state index contributed by atoms with van der Waals surface area (Å²) in [5.74, 6) is -0.475. The van der Waals surface area contributed by atoms with Gasteiger partial charge in [-0.2, -0.15) is 0 Å². The molecule has 1 N–H and O–H groups in total. The highest BCUT2D eigenvalue weighted by atomic mass is 35.5. The van der Waals surface area contributed by atoms with Crippen LogP contribution in [0.15, 0.2) is 36.4 Å². The molecule has 162 valence electrons. The number of esters is 1. The second-order valence-electron chi connectivity index (χ2n) is 9.27. The molecule has 2 aromatic rings. The van der Waals surface area contributed by atoms with Gasteiger partial charge in [0.15, 0.2) is 6.61 Å². The van der Waals surface area contributed by atoms with Crippen molar-refractivity contribution in [1.82, 2.24) is 0 Å². The molecule has 0 aliphatic rings. The lowest BCUT2D eigenvalue weighted by atomic mass is 9.79. The van der Waals surface area contributed by atoms with Crippen LogP contribution in [0.25, 0.3) is 0 Å². The first-order valence-electron chi connectivity index (χ1n) is 9.78. The van der Waals surface area contributed by atoms with E-state index in [-0.39, 0.29) is 10.8 Å². The molecule has 6 heteroatoms. The number of anilines is 1. The minimum absolute atomic E-state index is 0.124. The molecule has 0 unspecified atom stereocenters. The second-order valence-corrected chi connectivity index (χ2v) is 9.68. The van der Waals surface area contributed by atoms with E-state index < -0.39 is 18.5 Å². The van der Waals surface area contributed by atoms with Crippen LogP contribution in [0.3, 0.4) is 0 Å². The van der Waals surface area contributed by atoms with Crippen molar-refractivity contribution in [1.29, 1.82) is 0 Å². The average molecular weight is 432 g/mol. The Morgan fingerprint density at radius 2 is 1.50 bits per heavy atom. The van der Waals surface area contributed by atoms with E-state index in [2.05, 4.69) is 52.9 Å². The summed E-state index contributed by atoms with van der Waals surface area (Å²) in [5.41, 5.74) is 2.76. The molecule has 2 aromatic carbocycles. The summed E-state index contributed by atoms with van der Waals surface area (Å²) in [6, 6.07) is 10.7. The minimum atomic E-state index is -0.533. The number of nitrogens with one attached hydrogen (secondary N) is 1. The lowest BCUT2D eigenvalue weighted by Crippen LogP contribution is -2.22. The maximum atomic E-state index is 12.7. The molecule has 1 amide bonds. The molecule has 2 rings (SSSR count). The zero-order valence-corrected chi connectivity index (χ0v) is 19.4. The summed E-state index contributed by atoms with van der Waals surface area (Å²) in [4.78, 5) is 24.9. The van der Waals surface area contributed by atoms with Crippen molar-refractivity contribution in [3.63, 3.8) is 0 Å². The third kappa shape index (κ3) is 6.23. The molecule has 0 aliphatic heterocycles. The summed E-state index contributed by atoms with van der Waals surface area (Å²) in [7, 11) is 1.51. The first kappa shape index (κ1) is 23.7. The molecule has 5 nitrogen and oxygen atoms in total. The Morgan fingerprint density at radius 1 is 0.933 bits per heavy atom. The standard InChI is InChI=1S/C24H30ClNO4/c1-23(2,3)16-10-15(11-17(12-16)24(4,5)6)22(28)30-14-21(27)26-18-8-9-20(29-7)19(25)13-18/h8-13H,14H2,1-7H3,(H,26,27). The van der Waals surface area contributed by atoms with Crippen molar-refractivity contribution in [2.24, 2.45) is 0 Å². The van der Waals surface area contributed by atoms with Crippen LogP contribution < -0.4 is 10.1 Å². The van der Waals surface area contributed by atoms with E-state index in [9.17, 15) is 9.59 Å². The number of carbonyl (C=O) groups is 2. The monoisotopic (exact) mass is 431 g/mol. The molecular formula is C24H30ClNO4. The fourth-order valence-electron chi connectivity index (χ4n) is 2.77. The predicted molar refractivity (Wildman–Crippen MR) is 121 cm³/mol. The number of rotatable bonds is 5. The number of hydrogen-bond acceptors (Lipinski definition) is 4. The quantitative estimate of drug-likeness (QED) is 0.613. The van der Waals surface area contributed by atoms with Gasteiger partial charge in [0, 0.05) is 5.69 Å². The molecule has 0 atom stereocenters. The number of amides is 1. The van der Waals surface area contributed by atoms with E-state index >= 15 is 0 Å². The van der Waals surface area contributed by atoms with Gasteiger partial charge in [0.05, 0.1) is 17.7 Å². The van der Waals surface area contributed by atoms with Crippen LogP contribution in [0.4, 0.5) is 5.69 Å². The van der Waals surface area contributed by atoms with Crippen LogP contribution in [-0.4, -0.2) is 25.6 Å². The van der Waals surface area contributed by atoms with Crippen molar-refractivity contribution in [3.05, 3.63) is 58.1 Å². The highest BCUT2D eigenvalue weighted by molar-refractivity contribution is 6.32. The number of halogens is 1. The van der Waals surface area contributed by atoms with Gasteiger partial charge < -0.3 is 14.8 Å². The van der Waals surface area contributed by atoms with Gasteiger partial charge in [-0.25, -0.2) is 4.79 Å². The number of hydrogen-bond donors (Lipinski definition) is 1. The highest BCUT2D eigenvalue weighted by Crippen LogP contribution is 2.31. The second kappa shape index (κ2) is 9.09. The van der Waals surface area contributed by atoms with Crippen LogP contribution in [-0.2, 0) is 20.4 Å². The molecule has 0 saturated carbocycles. The molecular weight excluding hydrogens is 402 g/mol. The average Bonchev–Trinajstić information content (AvgIpc) is 2.64. The number of ether oxygens (including phenoxy) is 2. The van der Waals surface area contributed by atoms with Crippen LogP contribution in [0, 0.1) is 0 Å². The van der Waals surface area contributed by atoms with Gasteiger partial charge in [-0.3, -0.25) is 4.79 Å². The Balaban J connectivity index is 2.12. The lowest BCUT2D eigenvalue weighted by molar-refractivity contribution is -0.119. The van der Waals surface area contributed by atoms with Gasteiger partial charge in [-0.05, 0) is 52.3 Å². The summed E-state index contributed by atoms with van der Waals surface area (Å²) in [5, 5.41) is 3.03. The number of carbonyl (C=O) groups excluding carboxylic acids is 2. The molecule has 0 spiro atoms. The van der Waals surface area contributed by atoms with Gasteiger partial charge in [0.2, 0.25) is 0 Å². The van der Waals surface area contributed by atoms with E-state index in [1.807, 2.05) is 12.1 Å². The van der Waals surface area contributed by atoms with Crippen LogP contribution >= 0.6 is 11.6 Å². The van der Waals surface area contributed by atoms with Crippen LogP contribution in [0.5, 0.6) is 5.75 Å². The number of benzene rings is 2. The fourth-order valence-corrected chi connectivity index (χ4v) is 3.02. The number of methoxy groups -OCH3 is 1. The maximum absolute atomic E-state index is 12.7. The van der Waals surface area contributed by atoms with Crippen molar-refractivity contribution < 1.29 is 19.1 Å². The molecule has 30 heavy (non-hydrogen) atoms. The summed E-state index contributed by atoms with van der Waals surface area (Å²) in [6.07, 6.45) is 0. The molecule has 0 aliphatic carbocycles.